The van der Waals surface area contributed by atoms with Crippen molar-refractivity contribution in [3.63, 3.8) is 0 Å². The first kappa shape index (κ1) is 8.46. The van der Waals surface area contributed by atoms with Crippen molar-refractivity contribution in [2.45, 2.75) is 31.8 Å². The van der Waals surface area contributed by atoms with Crippen LogP contribution in [-0.2, 0) is 0 Å². The molecule has 4 heteroatoms. The highest BCUT2D eigenvalue weighted by Crippen LogP contribution is 2.23. The van der Waals surface area contributed by atoms with Gasteiger partial charge >= 0.3 is 0 Å². The zero-order valence-electron chi connectivity index (χ0n) is 6.40. The molecule has 1 rings (SSSR count). The molecule has 0 unspecified atom stereocenters. The Morgan fingerprint density at radius 1 is 1.55 bits per heavy atom. The van der Waals surface area contributed by atoms with E-state index in [-0.39, 0.29) is 23.5 Å². The van der Waals surface area contributed by atoms with E-state index in [0.717, 1.165) is 19.3 Å². The number of aliphatic hydroxyl groups is 1. The summed E-state index contributed by atoms with van der Waals surface area (Å²) in [6.45, 7) is 0.0249. The van der Waals surface area contributed by atoms with Gasteiger partial charge in [0.1, 0.15) is 0 Å². The first-order chi connectivity index (χ1) is 5.18. The molecular formula is C7H13NO3. The molecule has 0 bridgehead atoms. The zero-order valence-corrected chi connectivity index (χ0v) is 6.40. The number of hydrogen-bond donors (Lipinski definition) is 1. The summed E-state index contributed by atoms with van der Waals surface area (Å²) in [5, 5.41) is 19.3. The van der Waals surface area contributed by atoms with Crippen LogP contribution in [0.5, 0.6) is 0 Å². The predicted octanol–water partition coefficient (Wildman–Crippen LogP) is 0.814. The van der Waals surface area contributed by atoms with E-state index in [2.05, 4.69) is 0 Å². The maximum atomic E-state index is 10.1. The Labute approximate surface area is 65.4 Å². The molecule has 0 saturated heterocycles. The van der Waals surface area contributed by atoms with E-state index in [4.69, 9.17) is 5.11 Å². The average molecular weight is 159 g/mol. The van der Waals surface area contributed by atoms with Gasteiger partial charge in [-0.15, -0.1) is 0 Å². The third-order valence-corrected chi connectivity index (χ3v) is 2.16. The minimum absolute atomic E-state index is 0.0249. The fourth-order valence-electron chi connectivity index (χ4n) is 1.64. The number of nitro groups is 1. The van der Waals surface area contributed by atoms with Crippen LogP contribution in [0.25, 0.3) is 0 Å². The van der Waals surface area contributed by atoms with Gasteiger partial charge in [-0.05, 0) is 19.3 Å². The second kappa shape index (κ2) is 3.67. The van der Waals surface area contributed by atoms with Crippen molar-refractivity contribution in [3.05, 3.63) is 10.1 Å². The lowest BCUT2D eigenvalue weighted by Crippen LogP contribution is -2.24. The van der Waals surface area contributed by atoms with Crippen LogP contribution in [-0.4, -0.2) is 22.7 Å². The molecule has 64 valence electrons. The van der Waals surface area contributed by atoms with Gasteiger partial charge < -0.3 is 5.11 Å². The molecule has 0 aromatic carbocycles. The van der Waals surface area contributed by atoms with E-state index >= 15 is 0 Å². The summed E-state index contributed by atoms with van der Waals surface area (Å²) in [6, 6.07) is 0. The maximum Gasteiger partial charge on any atom is 0.206 e. The van der Waals surface area contributed by atoms with Crippen LogP contribution >= 0.6 is 0 Å². The molecule has 4 nitrogen and oxygen atoms in total. The van der Waals surface area contributed by atoms with Crippen LogP contribution in [0.3, 0.4) is 0 Å². The van der Waals surface area contributed by atoms with Crippen molar-refractivity contribution in [2.75, 3.05) is 6.54 Å². The molecule has 0 aliphatic heterocycles. The molecule has 11 heavy (non-hydrogen) atoms. The van der Waals surface area contributed by atoms with Gasteiger partial charge in [-0.25, -0.2) is 0 Å². The van der Waals surface area contributed by atoms with Gasteiger partial charge in [0.25, 0.3) is 0 Å². The highest BCUT2D eigenvalue weighted by molar-refractivity contribution is 4.71. The van der Waals surface area contributed by atoms with Crippen molar-refractivity contribution >= 4 is 0 Å². The number of hydrogen-bond acceptors (Lipinski definition) is 3. The predicted molar refractivity (Wildman–Crippen MR) is 39.8 cm³/mol. The summed E-state index contributed by atoms with van der Waals surface area (Å²) in [6.07, 6.45) is 2.96. The zero-order chi connectivity index (χ0) is 8.27. The summed E-state index contributed by atoms with van der Waals surface area (Å²) in [5.41, 5.74) is 0. The van der Waals surface area contributed by atoms with Crippen LogP contribution < -0.4 is 0 Å². The summed E-state index contributed by atoms with van der Waals surface area (Å²) in [5.74, 6) is 0.105. The van der Waals surface area contributed by atoms with E-state index in [0.29, 0.717) is 6.42 Å². The van der Waals surface area contributed by atoms with E-state index in [1.807, 2.05) is 0 Å². The lowest BCUT2D eigenvalue weighted by molar-refractivity contribution is -0.489. The first-order valence-corrected chi connectivity index (χ1v) is 3.98. The van der Waals surface area contributed by atoms with E-state index < -0.39 is 0 Å². The average Bonchev–Trinajstić information content (AvgIpc) is 1.85. The van der Waals surface area contributed by atoms with Crippen LogP contribution in [0.2, 0.25) is 0 Å². The molecule has 0 aromatic heterocycles. The minimum atomic E-state index is -0.298. The molecule has 0 heterocycles. The number of nitrogens with zero attached hydrogens (tertiary/aromatic N) is 1. The van der Waals surface area contributed by atoms with Gasteiger partial charge in [0.05, 0.1) is 6.10 Å². The molecule has 0 aromatic rings. The van der Waals surface area contributed by atoms with Crippen LogP contribution in [0.4, 0.5) is 0 Å². The summed E-state index contributed by atoms with van der Waals surface area (Å²) >= 11 is 0. The SMILES string of the molecule is O=[N+]([O-])C[C@@H]1CCC[C@@H](O)C1. The second-order valence-electron chi connectivity index (χ2n) is 3.20. The molecule has 1 N–H and O–H groups in total. The Hall–Kier alpha value is -0.640. The normalized spacial score (nSPS) is 31.7. The van der Waals surface area contributed by atoms with E-state index in [1.165, 1.54) is 0 Å². The summed E-state index contributed by atoms with van der Waals surface area (Å²) < 4.78 is 0. The standard InChI is InChI=1S/C7H13NO3/c9-7-3-1-2-6(4-7)5-8(10)11/h6-7,9H,1-5H2/t6-,7-/m1/s1. The molecule has 1 fully saturated rings. The lowest BCUT2D eigenvalue weighted by Gasteiger charge is -2.22. The Morgan fingerprint density at radius 3 is 2.82 bits per heavy atom. The summed E-state index contributed by atoms with van der Waals surface area (Å²) in [4.78, 5) is 9.81. The Morgan fingerprint density at radius 2 is 2.27 bits per heavy atom. The molecule has 1 aliphatic carbocycles. The van der Waals surface area contributed by atoms with Crippen LogP contribution in [0.15, 0.2) is 0 Å². The minimum Gasteiger partial charge on any atom is -0.393 e. The molecule has 2 atom stereocenters. The van der Waals surface area contributed by atoms with Gasteiger partial charge in [0.15, 0.2) is 0 Å². The van der Waals surface area contributed by atoms with Crippen LogP contribution in [0, 0.1) is 16.0 Å². The van der Waals surface area contributed by atoms with Crippen molar-refractivity contribution in [3.8, 4) is 0 Å². The fourth-order valence-corrected chi connectivity index (χ4v) is 1.64. The largest absolute Gasteiger partial charge is 0.393 e. The van der Waals surface area contributed by atoms with Gasteiger partial charge in [-0.3, -0.25) is 10.1 Å². The first-order valence-electron chi connectivity index (χ1n) is 3.98. The third kappa shape index (κ3) is 2.84. The topological polar surface area (TPSA) is 63.4 Å². The molecule has 0 spiro atoms. The third-order valence-electron chi connectivity index (χ3n) is 2.16. The molecule has 0 radical (unpaired) electrons. The van der Waals surface area contributed by atoms with Crippen molar-refractivity contribution in [1.82, 2.24) is 0 Å². The van der Waals surface area contributed by atoms with Crippen molar-refractivity contribution in [1.29, 1.82) is 0 Å². The second-order valence-corrected chi connectivity index (χ2v) is 3.20. The number of aliphatic hydroxyl groups excluding tert-OH is 1. The maximum absolute atomic E-state index is 10.1. The highest BCUT2D eigenvalue weighted by atomic mass is 16.6. The Kier molecular flexibility index (Phi) is 2.82. The fraction of sp³-hybridized carbons (Fsp3) is 1.00. The van der Waals surface area contributed by atoms with Gasteiger partial charge in [0, 0.05) is 10.8 Å². The lowest BCUT2D eigenvalue weighted by atomic mass is 9.87. The smallest absolute Gasteiger partial charge is 0.206 e. The van der Waals surface area contributed by atoms with Gasteiger partial charge in [-0.2, -0.15) is 0 Å². The summed E-state index contributed by atoms with van der Waals surface area (Å²) in [7, 11) is 0. The highest BCUT2D eigenvalue weighted by Gasteiger charge is 2.23. The Bertz CT molecular complexity index is 149. The quantitative estimate of drug-likeness (QED) is 0.479. The molecular weight excluding hydrogens is 146 g/mol. The van der Waals surface area contributed by atoms with Gasteiger partial charge in [-0.1, -0.05) is 6.42 Å². The van der Waals surface area contributed by atoms with E-state index in [9.17, 15) is 10.1 Å². The molecule has 0 amide bonds. The van der Waals surface area contributed by atoms with E-state index in [1.54, 1.807) is 0 Å². The van der Waals surface area contributed by atoms with Crippen molar-refractivity contribution < 1.29 is 10.0 Å². The Balaban J connectivity index is 2.28. The van der Waals surface area contributed by atoms with Crippen molar-refractivity contribution in [2.24, 2.45) is 5.92 Å². The molecule has 1 saturated carbocycles. The van der Waals surface area contributed by atoms with Crippen LogP contribution in [0.1, 0.15) is 25.7 Å². The van der Waals surface area contributed by atoms with Gasteiger partial charge in [0.2, 0.25) is 6.54 Å². The molecule has 1 aliphatic rings. The number of rotatable bonds is 2. The monoisotopic (exact) mass is 159 g/mol.